The van der Waals surface area contributed by atoms with Gasteiger partial charge in [0.2, 0.25) is 0 Å². The Kier molecular flexibility index (Phi) is 15.2. The van der Waals surface area contributed by atoms with Gasteiger partial charge in [-0.25, -0.2) is 0 Å². The molecular formula is C49H68B2. The molecule has 2 heteroatoms. The molecule has 0 heterocycles. The first-order valence-corrected chi connectivity index (χ1v) is 21.4. The summed E-state index contributed by atoms with van der Waals surface area (Å²) in [6.45, 7) is 9.31. The quantitative estimate of drug-likeness (QED) is 0.0505. The Bertz CT molecular complexity index is 1490. The van der Waals surface area contributed by atoms with Crippen LogP contribution in [0.1, 0.15) is 175 Å². The van der Waals surface area contributed by atoms with E-state index in [1.165, 1.54) is 173 Å². The van der Waals surface area contributed by atoms with Crippen LogP contribution in [0.15, 0.2) is 72.8 Å². The summed E-state index contributed by atoms with van der Waals surface area (Å²) in [5, 5.41) is 0. The molecule has 0 radical (unpaired) electrons. The highest BCUT2D eigenvalue weighted by Gasteiger charge is 2.46. The molecular weight excluding hydrogens is 610 g/mol. The number of hydrogen-bond acceptors (Lipinski definition) is 0. The van der Waals surface area contributed by atoms with E-state index in [0.29, 0.717) is 0 Å². The Morgan fingerprint density at radius 1 is 0.373 bits per heavy atom. The normalized spacial score (nSPS) is 13.0. The summed E-state index contributed by atoms with van der Waals surface area (Å²) in [5.41, 5.74) is 17.4. The van der Waals surface area contributed by atoms with Gasteiger partial charge in [0.15, 0.2) is 0 Å². The third-order valence-electron chi connectivity index (χ3n) is 11.7. The highest BCUT2D eigenvalue weighted by molar-refractivity contribution is 6.33. The molecule has 270 valence electrons. The fraction of sp³-hybridized carbons (Fsp3) is 0.510. The van der Waals surface area contributed by atoms with E-state index in [1.54, 1.807) is 22.3 Å². The highest BCUT2D eigenvalue weighted by atomic mass is 14.5. The minimum absolute atomic E-state index is 0.335. The maximum Gasteiger partial charge on any atom is 0.139 e. The molecule has 0 aliphatic heterocycles. The summed E-state index contributed by atoms with van der Waals surface area (Å²) in [4.78, 5) is 0. The number of rotatable bonds is 22. The second-order valence-corrected chi connectivity index (χ2v) is 16.2. The van der Waals surface area contributed by atoms with Crippen molar-refractivity contribution in [1.82, 2.24) is 0 Å². The topological polar surface area (TPSA) is 0 Å². The van der Waals surface area contributed by atoms with E-state index in [2.05, 4.69) is 116 Å². The van der Waals surface area contributed by atoms with Gasteiger partial charge in [0.1, 0.15) is 15.7 Å². The average Bonchev–Trinajstić information content (AvgIpc) is 3.41. The third-order valence-corrected chi connectivity index (χ3v) is 11.7. The van der Waals surface area contributed by atoms with E-state index in [4.69, 9.17) is 0 Å². The van der Waals surface area contributed by atoms with Crippen LogP contribution in [0, 0.1) is 0 Å². The zero-order valence-electron chi connectivity index (χ0n) is 33.6. The van der Waals surface area contributed by atoms with Crippen molar-refractivity contribution in [3.63, 3.8) is 0 Å². The van der Waals surface area contributed by atoms with Crippen molar-refractivity contribution in [2.45, 2.75) is 162 Å². The minimum atomic E-state index is -0.335. The molecule has 0 unspecified atom stereocenters. The monoisotopic (exact) mass is 679 g/mol. The smallest absolute Gasteiger partial charge is 0.0886 e. The fourth-order valence-electron chi connectivity index (χ4n) is 8.90. The third kappa shape index (κ3) is 9.72. The highest BCUT2D eigenvalue weighted by Crippen LogP contribution is 2.56. The zero-order valence-corrected chi connectivity index (χ0v) is 33.6. The van der Waals surface area contributed by atoms with Crippen LogP contribution in [-0.4, -0.2) is 15.7 Å². The van der Waals surface area contributed by atoms with E-state index in [1.807, 2.05) is 0 Å². The molecule has 0 amide bonds. The van der Waals surface area contributed by atoms with Gasteiger partial charge >= 0.3 is 0 Å². The molecule has 0 nitrogen and oxygen atoms in total. The van der Waals surface area contributed by atoms with Gasteiger partial charge in [-0.05, 0) is 107 Å². The molecule has 4 aromatic carbocycles. The lowest BCUT2D eigenvalue weighted by Crippen LogP contribution is -2.31. The van der Waals surface area contributed by atoms with Gasteiger partial charge in [0.25, 0.3) is 0 Å². The van der Waals surface area contributed by atoms with Crippen molar-refractivity contribution >= 4 is 26.6 Å². The summed E-state index contributed by atoms with van der Waals surface area (Å²) in [6.07, 6.45) is 25.6. The average molecular weight is 679 g/mol. The number of fused-ring (bicyclic) bond motifs is 3. The van der Waals surface area contributed by atoms with E-state index in [0.717, 1.165) is 0 Å². The van der Waals surface area contributed by atoms with Crippen molar-refractivity contribution < 1.29 is 0 Å². The van der Waals surface area contributed by atoms with Gasteiger partial charge < -0.3 is 0 Å². The second-order valence-electron chi connectivity index (χ2n) is 16.2. The van der Waals surface area contributed by atoms with E-state index >= 15 is 0 Å². The lowest BCUT2D eigenvalue weighted by molar-refractivity contribution is 0.655. The van der Waals surface area contributed by atoms with Gasteiger partial charge in [0, 0.05) is 0 Å². The van der Waals surface area contributed by atoms with Crippen LogP contribution in [0.2, 0.25) is 0 Å². The van der Waals surface area contributed by atoms with Crippen LogP contribution in [-0.2, 0) is 31.1 Å². The van der Waals surface area contributed by atoms with Crippen LogP contribution >= 0.6 is 0 Å². The summed E-state index contributed by atoms with van der Waals surface area (Å²) in [6, 6.07) is 30.4. The van der Waals surface area contributed by atoms with Crippen molar-refractivity contribution in [3.8, 4) is 11.1 Å². The fourth-order valence-corrected chi connectivity index (χ4v) is 8.90. The minimum Gasteiger partial charge on any atom is -0.0886 e. The molecule has 0 saturated heterocycles. The summed E-state index contributed by atoms with van der Waals surface area (Å²) in [7, 11) is 4.60. The van der Waals surface area contributed by atoms with Crippen LogP contribution in [0.25, 0.3) is 11.1 Å². The Morgan fingerprint density at radius 3 is 0.980 bits per heavy atom. The Balaban J connectivity index is 1.77. The van der Waals surface area contributed by atoms with Crippen LogP contribution in [0.5, 0.6) is 0 Å². The maximum absolute atomic E-state index is 2.65. The van der Waals surface area contributed by atoms with Crippen LogP contribution in [0.4, 0.5) is 0 Å². The van der Waals surface area contributed by atoms with Gasteiger partial charge in [-0.2, -0.15) is 0 Å². The first-order valence-electron chi connectivity index (χ1n) is 21.4. The molecule has 0 bridgehead atoms. The summed E-state index contributed by atoms with van der Waals surface area (Å²) >= 11 is 0. The predicted octanol–water partition coefficient (Wildman–Crippen LogP) is 11.1. The molecule has 0 aromatic heterocycles. The second kappa shape index (κ2) is 19.7. The predicted molar refractivity (Wildman–Crippen MR) is 231 cm³/mol. The van der Waals surface area contributed by atoms with Crippen molar-refractivity contribution in [1.29, 1.82) is 0 Å². The molecule has 4 aromatic rings. The molecule has 0 saturated carbocycles. The molecule has 5 rings (SSSR count). The summed E-state index contributed by atoms with van der Waals surface area (Å²) < 4.78 is 0. The lowest BCUT2D eigenvalue weighted by atomic mass is 9.65. The molecule has 0 atom stereocenters. The van der Waals surface area contributed by atoms with Crippen molar-refractivity contribution in [2.75, 3.05) is 0 Å². The van der Waals surface area contributed by atoms with Crippen LogP contribution < -0.4 is 10.9 Å². The van der Waals surface area contributed by atoms with Gasteiger partial charge in [0.05, 0.1) is 5.41 Å². The van der Waals surface area contributed by atoms with Gasteiger partial charge in [-0.1, -0.05) is 188 Å². The standard InChI is InChI=1S/C49H68B2/c1-5-9-13-17-21-37-29-38(22-18-14-10-6-2)32-41(31-37)49(47-35-43(50)25-27-45(47)46-28-26-44(51)36-48(46)49)42-33-39(23-19-15-11-7-3)30-40(34-42)24-20-16-12-8-4/h25-36H,5-24,50-51H2,1-4H3. The first kappa shape index (κ1) is 39.2. The largest absolute Gasteiger partial charge is 0.139 e. The molecule has 0 N–H and O–H groups in total. The SMILES string of the molecule is Bc1ccc2c(c1)C(c1cc(CCCCCC)cc(CCCCCC)c1)(c1cc(CCCCCC)cc(CCCCCC)c1)c1cc(B)ccc1-2. The zero-order chi connectivity index (χ0) is 36.1. The maximum atomic E-state index is 2.65. The Hall–Kier alpha value is -2.99. The number of aryl methyl sites for hydroxylation is 4. The van der Waals surface area contributed by atoms with Crippen LogP contribution in [0.3, 0.4) is 0 Å². The van der Waals surface area contributed by atoms with E-state index in [-0.39, 0.29) is 5.41 Å². The molecule has 51 heavy (non-hydrogen) atoms. The van der Waals surface area contributed by atoms with Crippen molar-refractivity contribution in [3.05, 3.63) is 117 Å². The van der Waals surface area contributed by atoms with E-state index in [9.17, 15) is 0 Å². The molecule has 0 fully saturated rings. The lowest BCUT2D eigenvalue weighted by Gasteiger charge is -2.36. The van der Waals surface area contributed by atoms with Gasteiger partial charge in [-0.15, -0.1) is 0 Å². The number of unbranched alkanes of at least 4 members (excludes halogenated alkanes) is 12. The number of benzene rings is 4. The first-order chi connectivity index (χ1) is 24.9. The van der Waals surface area contributed by atoms with Gasteiger partial charge in [-0.3, -0.25) is 0 Å². The molecule has 1 aliphatic carbocycles. The Labute approximate surface area is 315 Å². The number of hydrogen-bond donors (Lipinski definition) is 0. The van der Waals surface area contributed by atoms with Crippen molar-refractivity contribution in [2.24, 2.45) is 0 Å². The Morgan fingerprint density at radius 2 is 0.686 bits per heavy atom. The summed E-state index contributed by atoms with van der Waals surface area (Å²) in [5.74, 6) is 0. The molecule has 1 aliphatic rings. The molecule has 0 spiro atoms. The van der Waals surface area contributed by atoms with E-state index < -0.39 is 0 Å².